The first kappa shape index (κ1) is 15.1. The second-order valence-corrected chi connectivity index (χ2v) is 5.98. The number of carbonyl (C=O) groups excluding carboxylic acids is 1. The zero-order chi connectivity index (χ0) is 14.5. The van der Waals surface area contributed by atoms with E-state index in [1.54, 1.807) is 19.2 Å². The number of hydrogen-bond donors (Lipinski definition) is 1. The summed E-state index contributed by atoms with van der Waals surface area (Å²) in [5, 5.41) is 2.88. The first-order chi connectivity index (χ1) is 9.60. The minimum Gasteiger partial charge on any atom is -0.496 e. The van der Waals surface area contributed by atoms with Crippen molar-refractivity contribution in [3.05, 3.63) is 62.5 Å². The van der Waals surface area contributed by atoms with E-state index < -0.39 is 0 Å². The van der Waals surface area contributed by atoms with Crippen LogP contribution in [-0.2, 0) is 6.54 Å². The minimum atomic E-state index is -0.127. The molecule has 0 bridgehead atoms. The monoisotopic (exact) mass is 397 g/mol. The molecule has 0 saturated heterocycles. The van der Waals surface area contributed by atoms with Crippen molar-refractivity contribution in [2.45, 2.75) is 6.54 Å². The van der Waals surface area contributed by atoms with Gasteiger partial charge in [-0.3, -0.25) is 4.79 Å². The fourth-order valence-electron chi connectivity index (χ4n) is 1.81. The number of hydrogen-bond acceptors (Lipinski definition) is 2. The highest BCUT2D eigenvalue weighted by Crippen LogP contribution is 2.21. The molecule has 2 aromatic rings. The minimum absolute atomic E-state index is 0.127. The summed E-state index contributed by atoms with van der Waals surface area (Å²) in [6.45, 7) is 0.424. The summed E-state index contributed by atoms with van der Waals surface area (Å²) in [7, 11) is 1.62. The van der Waals surface area contributed by atoms with Gasteiger partial charge in [-0.05, 0) is 24.3 Å². The molecule has 1 N–H and O–H groups in total. The van der Waals surface area contributed by atoms with Gasteiger partial charge in [-0.2, -0.15) is 0 Å². The van der Waals surface area contributed by atoms with E-state index in [9.17, 15) is 4.79 Å². The average Bonchev–Trinajstić information content (AvgIpc) is 2.44. The summed E-state index contributed by atoms with van der Waals surface area (Å²) in [5.74, 6) is 0.640. The van der Waals surface area contributed by atoms with Crippen molar-refractivity contribution >= 4 is 37.8 Å². The van der Waals surface area contributed by atoms with E-state index in [-0.39, 0.29) is 5.91 Å². The molecule has 5 heteroatoms. The Labute approximate surface area is 134 Å². The predicted octanol–water partition coefficient (Wildman–Crippen LogP) is 4.15. The number of amides is 1. The number of benzene rings is 2. The van der Waals surface area contributed by atoms with E-state index in [1.165, 1.54) is 0 Å². The number of para-hydroxylation sites is 1. The summed E-state index contributed by atoms with van der Waals surface area (Å²) in [6, 6.07) is 13.1. The summed E-state index contributed by atoms with van der Waals surface area (Å²) in [6.07, 6.45) is 0. The molecule has 0 fully saturated rings. The summed E-state index contributed by atoms with van der Waals surface area (Å²) >= 11 is 6.74. The van der Waals surface area contributed by atoms with Crippen molar-refractivity contribution < 1.29 is 9.53 Å². The van der Waals surface area contributed by atoms with Gasteiger partial charge in [0.2, 0.25) is 0 Å². The fourth-order valence-corrected chi connectivity index (χ4v) is 3.11. The summed E-state index contributed by atoms with van der Waals surface area (Å²) in [5.41, 5.74) is 1.54. The fraction of sp³-hybridized carbons (Fsp3) is 0.133. The Morgan fingerprint density at radius 1 is 1.15 bits per heavy atom. The maximum absolute atomic E-state index is 12.1. The molecule has 0 aliphatic heterocycles. The lowest BCUT2D eigenvalue weighted by Gasteiger charge is -2.10. The SMILES string of the molecule is COc1ccccc1CNC(=O)c1cc(Br)cc(Br)c1. The third-order valence-corrected chi connectivity index (χ3v) is 3.67. The van der Waals surface area contributed by atoms with Crippen molar-refractivity contribution in [1.82, 2.24) is 5.32 Å². The zero-order valence-electron chi connectivity index (χ0n) is 10.8. The van der Waals surface area contributed by atoms with Gasteiger partial charge in [0.15, 0.2) is 0 Å². The van der Waals surface area contributed by atoms with Crippen molar-refractivity contribution in [1.29, 1.82) is 0 Å². The number of carbonyl (C=O) groups is 1. The Hall–Kier alpha value is -1.33. The highest BCUT2D eigenvalue weighted by Gasteiger charge is 2.09. The van der Waals surface area contributed by atoms with Gasteiger partial charge in [0.1, 0.15) is 5.75 Å². The number of ether oxygens (including phenoxy) is 1. The van der Waals surface area contributed by atoms with E-state index in [1.807, 2.05) is 30.3 Å². The Morgan fingerprint density at radius 3 is 2.45 bits per heavy atom. The first-order valence-corrected chi connectivity index (χ1v) is 7.55. The van der Waals surface area contributed by atoms with Crippen molar-refractivity contribution in [3.8, 4) is 5.75 Å². The predicted molar refractivity (Wildman–Crippen MR) is 86.0 cm³/mol. The van der Waals surface area contributed by atoms with Crippen LogP contribution in [0, 0.1) is 0 Å². The molecule has 0 saturated carbocycles. The van der Waals surface area contributed by atoms with Crippen LogP contribution in [0.15, 0.2) is 51.4 Å². The molecule has 2 aromatic carbocycles. The van der Waals surface area contributed by atoms with E-state index >= 15 is 0 Å². The van der Waals surface area contributed by atoms with Gasteiger partial charge in [-0.25, -0.2) is 0 Å². The van der Waals surface area contributed by atoms with Crippen LogP contribution in [0.1, 0.15) is 15.9 Å². The normalized spacial score (nSPS) is 10.2. The van der Waals surface area contributed by atoms with E-state index in [2.05, 4.69) is 37.2 Å². The smallest absolute Gasteiger partial charge is 0.251 e. The first-order valence-electron chi connectivity index (χ1n) is 5.96. The Kier molecular flexibility index (Phi) is 5.20. The molecule has 0 radical (unpaired) electrons. The van der Waals surface area contributed by atoms with Gasteiger partial charge in [-0.1, -0.05) is 50.1 Å². The van der Waals surface area contributed by atoms with Gasteiger partial charge in [0.25, 0.3) is 5.91 Å². The maximum atomic E-state index is 12.1. The molecule has 3 nitrogen and oxygen atoms in total. The summed E-state index contributed by atoms with van der Waals surface area (Å²) < 4.78 is 6.97. The third-order valence-electron chi connectivity index (χ3n) is 2.76. The van der Waals surface area contributed by atoms with Gasteiger partial charge in [0.05, 0.1) is 7.11 Å². The van der Waals surface area contributed by atoms with Crippen LogP contribution in [0.3, 0.4) is 0 Å². The molecule has 0 unspecified atom stereocenters. The molecular weight excluding hydrogens is 386 g/mol. The molecule has 1 amide bonds. The van der Waals surface area contributed by atoms with Crippen LogP contribution in [0.4, 0.5) is 0 Å². The Balaban J connectivity index is 2.08. The largest absolute Gasteiger partial charge is 0.496 e. The molecule has 20 heavy (non-hydrogen) atoms. The van der Waals surface area contributed by atoms with Gasteiger partial charge in [-0.15, -0.1) is 0 Å². The molecule has 104 valence electrons. The quantitative estimate of drug-likeness (QED) is 0.839. The molecular formula is C15H13Br2NO2. The summed E-state index contributed by atoms with van der Waals surface area (Å²) in [4.78, 5) is 12.1. The molecule has 0 heterocycles. The van der Waals surface area contributed by atoms with Gasteiger partial charge in [0, 0.05) is 26.6 Å². The van der Waals surface area contributed by atoms with Crippen LogP contribution in [0.25, 0.3) is 0 Å². The van der Waals surface area contributed by atoms with Crippen molar-refractivity contribution in [3.63, 3.8) is 0 Å². The van der Waals surface area contributed by atoms with Crippen LogP contribution in [0.2, 0.25) is 0 Å². The number of nitrogens with one attached hydrogen (secondary N) is 1. The topological polar surface area (TPSA) is 38.3 Å². The van der Waals surface area contributed by atoms with Crippen LogP contribution in [-0.4, -0.2) is 13.0 Å². The molecule has 0 aromatic heterocycles. The van der Waals surface area contributed by atoms with E-state index in [0.717, 1.165) is 20.3 Å². The lowest BCUT2D eigenvalue weighted by molar-refractivity contribution is 0.0950. The number of methoxy groups -OCH3 is 1. The second kappa shape index (κ2) is 6.90. The Morgan fingerprint density at radius 2 is 1.80 bits per heavy atom. The molecule has 0 aliphatic rings. The second-order valence-electron chi connectivity index (χ2n) is 4.15. The highest BCUT2D eigenvalue weighted by molar-refractivity contribution is 9.11. The highest BCUT2D eigenvalue weighted by atomic mass is 79.9. The molecule has 0 spiro atoms. The Bertz CT molecular complexity index is 609. The molecule has 0 aliphatic carbocycles. The van der Waals surface area contributed by atoms with Crippen LogP contribution in [0.5, 0.6) is 5.75 Å². The van der Waals surface area contributed by atoms with Gasteiger partial charge >= 0.3 is 0 Å². The number of halogens is 2. The standard InChI is InChI=1S/C15H13Br2NO2/c1-20-14-5-3-2-4-10(14)9-18-15(19)11-6-12(16)8-13(17)7-11/h2-8H,9H2,1H3,(H,18,19). The van der Waals surface area contributed by atoms with E-state index in [0.29, 0.717) is 12.1 Å². The average molecular weight is 399 g/mol. The number of rotatable bonds is 4. The third kappa shape index (κ3) is 3.84. The molecule has 0 atom stereocenters. The zero-order valence-corrected chi connectivity index (χ0v) is 14.0. The van der Waals surface area contributed by atoms with Crippen molar-refractivity contribution in [2.24, 2.45) is 0 Å². The molecule has 2 rings (SSSR count). The van der Waals surface area contributed by atoms with Crippen LogP contribution < -0.4 is 10.1 Å². The van der Waals surface area contributed by atoms with Crippen LogP contribution >= 0.6 is 31.9 Å². The van der Waals surface area contributed by atoms with Gasteiger partial charge < -0.3 is 10.1 Å². The lowest BCUT2D eigenvalue weighted by atomic mass is 10.2. The lowest BCUT2D eigenvalue weighted by Crippen LogP contribution is -2.23. The van der Waals surface area contributed by atoms with E-state index in [4.69, 9.17) is 4.74 Å². The maximum Gasteiger partial charge on any atom is 0.251 e. The van der Waals surface area contributed by atoms with Crippen molar-refractivity contribution in [2.75, 3.05) is 7.11 Å².